The molecule has 1 aliphatic heterocycles. The van der Waals surface area contributed by atoms with E-state index in [1.54, 1.807) is 0 Å². The highest BCUT2D eigenvalue weighted by Crippen LogP contribution is 2.28. The van der Waals surface area contributed by atoms with Crippen LogP contribution in [0.3, 0.4) is 0 Å². The van der Waals surface area contributed by atoms with Gasteiger partial charge in [-0.2, -0.15) is 0 Å². The number of anilines is 1. The Hall–Kier alpha value is -3.11. The minimum atomic E-state index is -0.453. The Morgan fingerprint density at radius 3 is 2.71 bits per heavy atom. The number of nitrogens with one attached hydrogen (secondary N) is 1. The van der Waals surface area contributed by atoms with E-state index in [0.717, 1.165) is 67.3 Å². The summed E-state index contributed by atoms with van der Waals surface area (Å²) in [5.74, 6) is 1.41. The molecule has 2 aliphatic rings. The van der Waals surface area contributed by atoms with Crippen LogP contribution in [0.1, 0.15) is 31.5 Å². The number of aromatic nitrogens is 6. The lowest BCUT2D eigenvalue weighted by Gasteiger charge is -2.38. The van der Waals surface area contributed by atoms with E-state index >= 15 is 0 Å². The summed E-state index contributed by atoms with van der Waals surface area (Å²) >= 11 is 0. The third-order valence-corrected chi connectivity index (χ3v) is 7.38. The number of hydrogen-bond acceptors (Lipinski definition) is 7. The van der Waals surface area contributed by atoms with Gasteiger partial charge in [-0.05, 0) is 50.8 Å². The Morgan fingerprint density at radius 2 is 1.91 bits per heavy atom. The highest BCUT2D eigenvalue weighted by Gasteiger charge is 2.27. The van der Waals surface area contributed by atoms with Crippen LogP contribution in [0.2, 0.25) is 0 Å². The number of rotatable bonds is 6. The summed E-state index contributed by atoms with van der Waals surface area (Å²) in [6.45, 7) is 5.50. The molecule has 6 rings (SSSR count). The first-order chi connectivity index (χ1) is 17.2. The average Bonchev–Trinajstić information content (AvgIpc) is 3.45. The molecule has 10 heteroatoms. The zero-order valence-electron chi connectivity index (χ0n) is 20.0. The second-order valence-corrected chi connectivity index (χ2v) is 9.48. The fraction of sp³-hybridized carbons (Fsp3) is 0.520. The smallest absolute Gasteiger partial charge is 0.241 e. The zero-order valence-corrected chi connectivity index (χ0v) is 20.0. The summed E-state index contributed by atoms with van der Waals surface area (Å²) < 4.78 is 22.2. The first-order valence-corrected chi connectivity index (χ1v) is 12.5. The van der Waals surface area contributed by atoms with Crippen LogP contribution in [0, 0.1) is 6.92 Å². The van der Waals surface area contributed by atoms with Crippen LogP contribution < -0.4 is 5.32 Å². The molecule has 0 amide bonds. The lowest BCUT2D eigenvalue weighted by Crippen LogP contribution is -2.46. The Labute approximate surface area is 203 Å². The maximum Gasteiger partial charge on any atom is 0.241 e. The van der Waals surface area contributed by atoms with Crippen LogP contribution in [0.5, 0.6) is 0 Å². The molecular formula is C25H31FN8O. The van der Waals surface area contributed by atoms with Gasteiger partial charge in [0, 0.05) is 36.9 Å². The number of aryl methyl sites for hydroxylation is 2. The number of imidazole rings is 1. The van der Waals surface area contributed by atoms with E-state index in [1.807, 2.05) is 46.6 Å². The van der Waals surface area contributed by atoms with Crippen LogP contribution in [0.25, 0.3) is 27.9 Å². The van der Waals surface area contributed by atoms with Gasteiger partial charge in [0.25, 0.3) is 0 Å². The van der Waals surface area contributed by atoms with Gasteiger partial charge in [-0.1, -0.05) is 0 Å². The van der Waals surface area contributed by atoms with Gasteiger partial charge in [0.15, 0.2) is 5.65 Å². The number of hydrogen-bond donors (Lipinski definition) is 1. The Morgan fingerprint density at radius 1 is 1.09 bits per heavy atom. The molecule has 0 radical (unpaired) electrons. The van der Waals surface area contributed by atoms with E-state index in [4.69, 9.17) is 14.8 Å². The van der Waals surface area contributed by atoms with Gasteiger partial charge in [0.1, 0.15) is 18.0 Å². The van der Waals surface area contributed by atoms with Crippen LogP contribution in [0.15, 0.2) is 30.6 Å². The summed E-state index contributed by atoms with van der Waals surface area (Å²) in [7, 11) is 0. The lowest BCUT2D eigenvalue weighted by molar-refractivity contribution is 0.00790. The molecule has 1 N–H and O–H groups in total. The van der Waals surface area contributed by atoms with Crippen molar-refractivity contribution in [3.63, 3.8) is 0 Å². The highest BCUT2D eigenvalue weighted by atomic mass is 19.1. The van der Waals surface area contributed by atoms with Crippen molar-refractivity contribution in [2.24, 2.45) is 0 Å². The number of alkyl halides is 1. The molecule has 5 heterocycles. The molecular weight excluding hydrogens is 447 g/mol. The van der Waals surface area contributed by atoms with Gasteiger partial charge < -0.3 is 14.6 Å². The first-order valence-electron chi connectivity index (χ1n) is 12.5. The second kappa shape index (κ2) is 9.50. The van der Waals surface area contributed by atoms with E-state index in [0.29, 0.717) is 23.7 Å². The van der Waals surface area contributed by atoms with Gasteiger partial charge in [0.05, 0.1) is 37.2 Å². The molecule has 1 saturated carbocycles. The quantitative estimate of drug-likeness (QED) is 0.454. The Balaban J connectivity index is 1.17. The molecule has 0 bridgehead atoms. The van der Waals surface area contributed by atoms with Crippen LogP contribution in [-0.2, 0) is 11.3 Å². The molecule has 0 spiro atoms. The van der Waals surface area contributed by atoms with Gasteiger partial charge >= 0.3 is 0 Å². The van der Waals surface area contributed by atoms with Crippen molar-refractivity contribution >= 4 is 22.6 Å². The van der Waals surface area contributed by atoms with E-state index < -0.39 is 6.67 Å². The topological polar surface area (TPSA) is 85.4 Å². The van der Waals surface area contributed by atoms with Crippen molar-refractivity contribution in [3.8, 4) is 11.3 Å². The molecule has 1 saturated heterocycles. The van der Waals surface area contributed by atoms with Gasteiger partial charge in [-0.3, -0.25) is 4.90 Å². The van der Waals surface area contributed by atoms with E-state index in [9.17, 15) is 4.39 Å². The minimum absolute atomic E-state index is 0.252. The molecule has 2 fully saturated rings. The SMILES string of the molecule is Cc1nc2ccc(-c3ccn4nc(N[C@H]5CC[C@H](N6CCOCC6)CC5)ncc34)nc2n1CCF. The fourth-order valence-corrected chi connectivity index (χ4v) is 5.51. The van der Waals surface area contributed by atoms with Crippen molar-refractivity contribution in [2.45, 2.75) is 51.2 Å². The number of nitrogens with zero attached hydrogens (tertiary/aromatic N) is 7. The molecule has 9 nitrogen and oxygen atoms in total. The monoisotopic (exact) mass is 478 g/mol. The molecule has 1 aliphatic carbocycles. The molecule has 184 valence electrons. The van der Waals surface area contributed by atoms with Crippen molar-refractivity contribution in [3.05, 3.63) is 36.4 Å². The predicted molar refractivity (Wildman–Crippen MR) is 132 cm³/mol. The maximum atomic E-state index is 13.0. The third kappa shape index (κ3) is 4.36. The summed E-state index contributed by atoms with van der Waals surface area (Å²) in [6, 6.07) is 6.94. The minimum Gasteiger partial charge on any atom is -0.379 e. The molecule has 35 heavy (non-hydrogen) atoms. The molecule has 0 unspecified atom stereocenters. The number of fused-ring (bicyclic) bond motifs is 2. The predicted octanol–water partition coefficient (Wildman–Crippen LogP) is 3.47. The third-order valence-electron chi connectivity index (χ3n) is 7.38. The van der Waals surface area contributed by atoms with Crippen molar-refractivity contribution in [1.29, 1.82) is 0 Å². The average molecular weight is 479 g/mol. The fourth-order valence-electron chi connectivity index (χ4n) is 5.51. The highest BCUT2D eigenvalue weighted by molar-refractivity contribution is 5.82. The molecule has 0 atom stereocenters. The van der Waals surface area contributed by atoms with Crippen molar-refractivity contribution < 1.29 is 9.13 Å². The summed E-state index contributed by atoms with van der Waals surface area (Å²) in [5, 5.41) is 8.26. The van der Waals surface area contributed by atoms with E-state index in [2.05, 4.69) is 20.2 Å². The number of ether oxygens (including phenoxy) is 1. The largest absolute Gasteiger partial charge is 0.379 e. The molecule has 4 aromatic heterocycles. The van der Waals surface area contributed by atoms with E-state index in [-0.39, 0.29) is 6.54 Å². The summed E-state index contributed by atoms with van der Waals surface area (Å²) in [4.78, 5) is 16.5. The number of pyridine rings is 1. The van der Waals surface area contributed by atoms with Gasteiger partial charge in [0.2, 0.25) is 5.95 Å². The molecule has 4 aromatic rings. The van der Waals surface area contributed by atoms with Crippen molar-refractivity contribution in [2.75, 3.05) is 38.3 Å². The zero-order chi connectivity index (χ0) is 23.8. The second-order valence-electron chi connectivity index (χ2n) is 9.48. The normalized spacial score (nSPS) is 21.7. The van der Waals surface area contributed by atoms with Crippen LogP contribution in [0.4, 0.5) is 10.3 Å². The number of morpholine rings is 1. The van der Waals surface area contributed by atoms with Crippen molar-refractivity contribution in [1.82, 2.24) is 34.0 Å². The Bertz CT molecular complexity index is 1320. The standard InChI is InChI=1S/C25H31FN8O/c1-17-28-22-7-6-21(30-24(22)33(17)11-9-26)20-8-10-34-23(20)16-27-25(31-34)29-18-2-4-19(5-3-18)32-12-14-35-15-13-32/h6-8,10,16,18-19H,2-5,9,11-15H2,1H3,(H,29,31)/t18-,19-. The van der Waals surface area contributed by atoms with Gasteiger partial charge in [-0.25, -0.2) is 23.9 Å². The van der Waals surface area contributed by atoms with Crippen LogP contribution >= 0.6 is 0 Å². The molecule has 0 aromatic carbocycles. The maximum absolute atomic E-state index is 13.0. The van der Waals surface area contributed by atoms with Gasteiger partial charge in [-0.15, -0.1) is 5.10 Å². The first kappa shape index (κ1) is 22.4. The summed E-state index contributed by atoms with van der Waals surface area (Å²) in [6.07, 6.45) is 8.41. The summed E-state index contributed by atoms with van der Waals surface area (Å²) in [5.41, 5.74) is 4.09. The number of halogens is 1. The Kier molecular flexibility index (Phi) is 6.07. The lowest BCUT2D eigenvalue weighted by atomic mass is 9.90. The van der Waals surface area contributed by atoms with Crippen LogP contribution in [-0.4, -0.2) is 79.1 Å². The van der Waals surface area contributed by atoms with E-state index in [1.165, 1.54) is 12.8 Å².